The number of hydrogen-bond acceptors (Lipinski definition) is 3. The van der Waals surface area contributed by atoms with Crippen LogP contribution in [0.4, 0.5) is 10.2 Å². The molecule has 0 bridgehead atoms. The van der Waals surface area contributed by atoms with Crippen LogP contribution < -0.4 is 5.32 Å². The lowest BCUT2D eigenvalue weighted by molar-refractivity contribution is 0.102. The average Bonchev–Trinajstić information content (AvgIpc) is 2.86. The number of carbonyl (C=O) groups excluding carboxylic acids is 1. The third-order valence-corrected chi connectivity index (χ3v) is 2.64. The van der Waals surface area contributed by atoms with Crippen LogP contribution >= 0.6 is 0 Å². The summed E-state index contributed by atoms with van der Waals surface area (Å²) in [5, 5.41) is 15.2. The molecule has 0 aliphatic heterocycles. The van der Waals surface area contributed by atoms with Gasteiger partial charge in [0.1, 0.15) is 5.82 Å². The van der Waals surface area contributed by atoms with Gasteiger partial charge < -0.3 is 10.4 Å². The van der Waals surface area contributed by atoms with Gasteiger partial charge in [-0.1, -0.05) is 11.8 Å². The van der Waals surface area contributed by atoms with Gasteiger partial charge in [0.2, 0.25) is 0 Å². The van der Waals surface area contributed by atoms with E-state index in [-0.39, 0.29) is 12.2 Å². The topological polar surface area (TPSA) is 67.2 Å². The lowest BCUT2D eigenvalue weighted by Crippen LogP contribution is -2.14. The molecule has 0 spiro atoms. The molecule has 1 aromatic carbocycles. The standard InChI is InChI=1S/C15H14FN3O2/c1-19-8-7-14(18-19)17-15(21)12-10-11(4-2-3-9-20)5-6-13(12)16/h5-8,10,20H,3,9H2,1H3,(H,17,18,21). The Bertz CT molecular complexity index is 713. The molecule has 0 saturated carbocycles. The van der Waals surface area contributed by atoms with Gasteiger partial charge in [0.05, 0.1) is 12.2 Å². The van der Waals surface area contributed by atoms with Gasteiger partial charge in [-0.05, 0) is 18.2 Å². The van der Waals surface area contributed by atoms with Crippen LogP contribution in [-0.4, -0.2) is 27.4 Å². The molecule has 0 unspecified atom stereocenters. The number of amides is 1. The number of aryl methyl sites for hydroxylation is 1. The van der Waals surface area contributed by atoms with E-state index in [0.29, 0.717) is 17.8 Å². The number of carbonyl (C=O) groups is 1. The number of aromatic nitrogens is 2. The van der Waals surface area contributed by atoms with Crippen molar-refractivity contribution in [2.24, 2.45) is 7.05 Å². The molecule has 0 aliphatic rings. The summed E-state index contributed by atoms with van der Waals surface area (Å²) in [7, 11) is 1.72. The minimum Gasteiger partial charge on any atom is -0.395 e. The highest BCUT2D eigenvalue weighted by Crippen LogP contribution is 2.12. The largest absolute Gasteiger partial charge is 0.395 e. The van der Waals surface area contributed by atoms with E-state index in [2.05, 4.69) is 22.3 Å². The molecule has 1 heterocycles. The number of halogens is 1. The first kappa shape index (κ1) is 14.8. The third-order valence-electron chi connectivity index (χ3n) is 2.64. The second-order valence-electron chi connectivity index (χ2n) is 4.30. The molecule has 2 rings (SSSR count). The molecule has 0 saturated heterocycles. The summed E-state index contributed by atoms with van der Waals surface area (Å²) in [6.45, 7) is -0.0405. The summed E-state index contributed by atoms with van der Waals surface area (Å²) in [5.74, 6) is 4.61. The van der Waals surface area contributed by atoms with Crippen LogP contribution in [0.5, 0.6) is 0 Å². The summed E-state index contributed by atoms with van der Waals surface area (Å²) in [6, 6.07) is 5.66. The van der Waals surface area contributed by atoms with Crippen LogP contribution in [0.15, 0.2) is 30.5 Å². The highest BCUT2D eigenvalue weighted by molar-refractivity contribution is 6.04. The molecule has 2 N–H and O–H groups in total. The third kappa shape index (κ3) is 3.91. The predicted octanol–water partition coefficient (Wildman–Crippen LogP) is 1.55. The van der Waals surface area contributed by atoms with Crippen LogP contribution in [0, 0.1) is 17.7 Å². The van der Waals surface area contributed by atoms with Crippen molar-refractivity contribution in [2.45, 2.75) is 6.42 Å². The van der Waals surface area contributed by atoms with Crippen molar-refractivity contribution in [2.75, 3.05) is 11.9 Å². The van der Waals surface area contributed by atoms with Crippen LogP contribution in [0.2, 0.25) is 0 Å². The fourth-order valence-electron chi connectivity index (χ4n) is 1.66. The Kier molecular flexibility index (Phi) is 4.69. The minimum absolute atomic E-state index is 0.0405. The molecular weight excluding hydrogens is 273 g/mol. The molecule has 0 radical (unpaired) electrons. The normalized spacial score (nSPS) is 9.86. The van der Waals surface area contributed by atoms with Crippen molar-refractivity contribution in [3.8, 4) is 11.8 Å². The van der Waals surface area contributed by atoms with E-state index in [1.165, 1.54) is 22.9 Å². The SMILES string of the molecule is Cn1ccc(NC(=O)c2cc(C#CCCO)ccc2F)n1. The maximum Gasteiger partial charge on any atom is 0.259 e. The van der Waals surface area contributed by atoms with Crippen molar-refractivity contribution in [3.63, 3.8) is 0 Å². The summed E-state index contributed by atoms with van der Waals surface area (Å²) >= 11 is 0. The molecule has 0 atom stereocenters. The minimum atomic E-state index is -0.629. The number of benzene rings is 1. The van der Waals surface area contributed by atoms with Gasteiger partial charge in [-0.3, -0.25) is 9.48 Å². The number of hydrogen-bond donors (Lipinski definition) is 2. The number of anilines is 1. The van der Waals surface area contributed by atoms with Gasteiger partial charge in [0.25, 0.3) is 5.91 Å². The van der Waals surface area contributed by atoms with Crippen molar-refractivity contribution >= 4 is 11.7 Å². The monoisotopic (exact) mass is 287 g/mol. The van der Waals surface area contributed by atoms with E-state index < -0.39 is 11.7 Å². The van der Waals surface area contributed by atoms with Gasteiger partial charge in [0.15, 0.2) is 5.82 Å². The van der Waals surface area contributed by atoms with E-state index in [1.54, 1.807) is 19.3 Å². The molecule has 5 nitrogen and oxygen atoms in total. The number of rotatable bonds is 3. The Balaban J connectivity index is 2.20. The first-order chi connectivity index (χ1) is 10.1. The molecule has 0 aliphatic carbocycles. The number of nitrogens with one attached hydrogen (secondary N) is 1. The first-order valence-electron chi connectivity index (χ1n) is 6.30. The van der Waals surface area contributed by atoms with Crippen LogP contribution in [0.25, 0.3) is 0 Å². The molecule has 1 amide bonds. The highest BCUT2D eigenvalue weighted by atomic mass is 19.1. The van der Waals surface area contributed by atoms with Crippen molar-refractivity contribution in [1.29, 1.82) is 0 Å². The van der Waals surface area contributed by atoms with E-state index in [4.69, 9.17) is 5.11 Å². The number of nitrogens with zero attached hydrogens (tertiary/aromatic N) is 2. The Morgan fingerprint density at radius 1 is 1.48 bits per heavy atom. The lowest BCUT2D eigenvalue weighted by Gasteiger charge is -2.04. The van der Waals surface area contributed by atoms with Gasteiger partial charge >= 0.3 is 0 Å². The highest BCUT2D eigenvalue weighted by Gasteiger charge is 2.13. The fourth-order valence-corrected chi connectivity index (χ4v) is 1.66. The zero-order chi connectivity index (χ0) is 15.2. The zero-order valence-corrected chi connectivity index (χ0v) is 11.4. The Labute approximate surface area is 121 Å². The molecular formula is C15H14FN3O2. The predicted molar refractivity (Wildman–Crippen MR) is 76.1 cm³/mol. The molecule has 6 heteroatoms. The Hall–Kier alpha value is -2.65. The molecule has 0 fully saturated rings. The van der Waals surface area contributed by atoms with E-state index >= 15 is 0 Å². The summed E-state index contributed by atoms with van der Waals surface area (Å²) in [5.41, 5.74) is 0.410. The van der Waals surface area contributed by atoms with E-state index in [0.717, 1.165) is 0 Å². The maximum atomic E-state index is 13.7. The number of aliphatic hydroxyl groups is 1. The van der Waals surface area contributed by atoms with E-state index in [9.17, 15) is 9.18 Å². The second kappa shape index (κ2) is 6.68. The Morgan fingerprint density at radius 2 is 2.29 bits per heavy atom. The van der Waals surface area contributed by atoms with Gasteiger partial charge in [-0.25, -0.2) is 4.39 Å². The van der Waals surface area contributed by atoms with Crippen molar-refractivity contribution in [1.82, 2.24) is 9.78 Å². The molecule has 2 aromatic rings. The molecule has 108 valence electrons. The number of aliphatic hydroxyl groups excluding tert-OH is 1. The van der Waals surface area contributed by atoms with Crippen molar-refractivity contribution < 1.29 is 14.3 Å². The quantitative estimate of drug-likeness (QED) is 0.842. The summed E-state index contributed by atoms with van der Waals surface area (Å²) in [6.07, 6.45) is 2.00. The van der Waals surface area contributed by atoms with E-state index in [1.807, 2.05) is 0 Å². The average molecular weight is 287 g/mol. The second-order valence-corrected chi connectivity index (χ2v) is 4.30. The maximum absolute atomic E-state index is 13.7. The molecule has 1 aromatic heterocycles. The summed E-state index contributed by atoms with van der Waals surface area (Å²) < 4.78 is 15.3. The zero-order valence-electron chi connectivity index (χ0n) is 11.4. The lowest BCUT2D eigenvalue weighted by atomic mass is 10.1. The summed E-state index contributed by atoms with van der Waals surface area (Å²) in [4.78, 5) is 12.0. The van der Waals surface area contributed by atoms with Crippen LogP contribution in [-0.2, 0) is 7.05 Å². The van der Waals surface area contributed by atoms with Crippen molar-refractivity contribution in [3.05, 3.63) is 47.4 Å². The van der Waals surface area contributed by atoms with Crippen LogP contribution in [0.3, 0.4) is 0 Å². The fraction of sp³-hybridized carbons (Fsp3) is 0.200. The van der Waals surface area contributed by atoms with Gasteiger partial charge in [0, 0.05) is 31.3 Å². The Morgan fingerprint density at radius 3 is 2.95 bits per heavy atom. The van der Waals surface area contributed by atoms with Gasteiger partial charge in [-0.2, -0.15) is 5.10 Å². The smallest absolute Gasteiger partial charge is 0.259 e. The molecule has 21 heavy (non-hydrogen) atoms. The van der Waals surface area contributed by atoms with Gasteiger partial charge in [-0.15, -0.1) is 0 Å². The first-order valence-corrected chi connectivity index (χ1v) is 6.30. The van der Waals surface area contributed by atoms with Crippen LogP contribution in [0.1, 0.15) is 22.3 Å².